The highest BCUT2D eigenvalue weighted by atomic mass is 35.5. The molecule has 2 aromatic carbocycles. The molecule has 0 aromatic heterocycles. The van der Waals surface area contributed by atoms with Gasteiger partial charge in [0.05, 0.1) is 21.6 Å². The highest BCUT2D eigenvalue weighted by Crippen LogP contribution is 2.39. The van der Waals surface area contributed by atoms with Crippen LogP contribution in [-0.4, -0.2) is 16.4 Å². The Morgan fingerprint density at radius 1 is 1.32 bits per heavy atom. The zero-order valence-electron chi connectivity index (χ0n) is 13.8. The molecule has 1 aliphatic rings. The summed E-state index contributed by atoms with van der Waals surface area (Å²) in [6.07, 6.45) is 0.598. The Morgan fingerprint density at radius 2 is 2.04 bits per heavy atom. The number of nitrogens with zero attached hydrogens (tertiary/aromatic N) is 1. The van der Waals surface area contributed by atoms with Crippen molar-refractivity contribution < 1.29 is 14.5 Å². The molecule has 1 N–H and O–H groups in total. The number of benzene rings is 2. The molecule has 0 aliphatic carbocycles. The van der Waals surface area contributed by atoms with Crippen LogP contribution in [0.5, 0.6) is 5.75 Å². The minimum atomic E-state index is -0.551. The molecular formula is C18H17ClN2O4. The van der Waals surface area contributed by atoms with Crippen molar-refractivity contribution in [2.75, 3.05) is 0 Å². The quantitative estimate of drug-likeness (QED) is 0.654. The summed E-state index contributed by atoms with van der Waals surface area (Å²) in [6.45, 7) is 3.92. The van der Waals surface area contributed by atoms with E-state index in [0.29, 0.717) is 6.42 Å². The van der Waals surface area contributed by atoms with Gasteiger partial charge >= 0.3 is 0 Å². The molecule has 1 heterocycles. The summed E-state index contributed by atoms with van der Waals surface area (Å²) in [5, 5.41) is 13.8. The first-order valence-electron chi connectivity index (χ1n) is 7.79. The van der Waals surface area contributed by atoms with Crippen LogP contribution in [0.3, 0.4) is 0 Å². The van der Waals surface area contributed by atoms with Crippen LogP contribution in [0.4, 0.5) is 5.69 Å². The number of hydrogen-bond acceptors (Lipinski definition) is 4. The van der Waals surface area contributed by atoms with Gasteiger partial charge in [-0.05, 0) is 26.0 Å². The van der Waals surface area contributed by atoms with Gasteiger partial charge in [0, 0.05) is 24.1 Å². The minimum Gasteiger partial charge on any atom is -0.487 e. The molecule has 0 bridgehead atoms. The van der Waals surface area contributed by atoms with Crippen molar-refractivity contribution in [2.45, 2.75) is 31.9 Å². The second-order valence-corrected chi connectivity index (χ2v) is 6.96. The second-order valence-electron chi connectivity index (χ2n) is 6.55. The number of non-ortho nitro benzene ring substituents is 1. The molecule has 2 aromatic rings. The van der Waals surface area contributed by atoms with E-state index in [0.717, 1.165) is 11.3 Å². The van der Waals surface area contributed by atoms with Gasteiger partial charge in [0.1, 0.15) is 11.4 Å². The number of rotatable bonds is 3. The lowest BCUT2D eigenvalue weighted by atomic mass is 9.89. The van der Waals surface area contributed by atoms with Crippen LogP contribution in [0.15, 0.2) is 42.5 Å². The van der Waals surface area contributed by atoms with Crippen LogP contribution in [0.2, 0.25) is 5.02 Å². The standard InChI is InChI=1S/C18H17ClN2O4/c1-18(2)10-15(13-5-3-4-6-16(13)25-18)20-17(22)12-8-7-11(21(23)24)9-14(12)19/h3-9,15H,10H2,1-2H3,(H,20,22). The van der Waals surface area contributed by atoms with Crippen LogP contribution in [0.25, 0.3) is 0 Å². The Hall–Kier alpha value is -2.60. The van der Waals surface area contributed by atoms with Crippen molar-refractivity contribution in [1.82, 2.24) is 5.32 Å². The van der Waals surface area contributed by atoms with Crippen LogP contribution < -0.4 is 10.1 Å². The molecule has 3 rings (SSSR count). The molecule has 0 fully saturated rings. The fraction of sp³-hybridized carbons (Fsp3) is 0.278. The molecule has 7 heteroatoms. The van der Waals surface area contributed by atoms with Crippen LogP contribution >= 0.6 is 11.6 Å². The number of amides is 1. The Morgan fingerprint density at radius 3 is 2.72 bits per heavy atom. The SMILES string of the molecule is CC1(C)CC(NC(=O)c2ccc([N+](=O)[O-])cc2Cl)c2ccccc2O1. The Bertz CT molecular complexity index is 851. The van der Waals surface area contributed by atoms with E-state index in [1.54, 1.807) is 0 Å². The van der Waals surface area contributed by atoms with Gasteiger partial charge in [-0.25, -0.2) is 0 Å². The average molecular weight is 361 g/mol. The van der Waals surface area contributed by atoms with E-state index in [1.165, 1.54) is 18.2 Å². The normalized spacial score (nSPS) is 18.0. The third-order valence-corrected chi connectivity index (χ3v) is 4.40. The van der Waals surface area contributed by atoms with Crippen molar-refractivity contribution in [2.24, 2.45) is 0 Å². The third-order valence-electron chi connectivity index (χ3n) is 4.09. The van der Waals surface area contributed by atoms with E-state index in [1.807, 2.05) is 38.1 Å². The molecule has 1 aliphatic heterocycles. The number of fused-ring (bicyclic) bond motifs is 1. The van der Waals surface area contributed by atoms with E-state index in [9.17, 15) is 14.9 Å². The van der Waals surface area contributed by atoms with Crippen molar-refractivity contribution in [3.63, 3.8) is 0 Å². The fourth-order valence-electron chi connectivity index (χ4n) is 2.97. The van der Waals surface area contributed by atoms with E-state index in [4.69, 9.17) is 16.3 Å². The minimum absolute atomic E-state index is 0.0475. The molecule has 0 saturated carbocycles. The Labute approximate surface area is 149 Å². The molecule has 1 unspecified atom stereocenters. The molecule has 130 valence electrons. The summed E-state index contributed by atoms with van der Waals surface area (Å²) in [5.41, 5.74) is 0.521. The number of nitrogens with one attached hydrogen (secondary N) is 1. The largest absolute Gasteiger partial charge is 0.487 e. The van der Waals surface area contributed by atoms with Gasteiger partial charge in [0.25, 0.3) is 11.6 Å². The van der Waals surface area contributed by atoms with Gasteiger partial charge in [-0.15, -0.1) is 0 Å². The Kier molecular flexibility index (Phi) is 4.39. The van der Waals surface area contributed by atoms with Gasteiger partial charge in [0.15, 0.2) is 0 Å². The summed E-state index contributed by atoms with van der Waals surface area (Å²) < 4.78 is 5.95. The maximum Gasteiger partial charge on any atom is 0.270 e. The lowest BCUT2D eigenvalue weighted by Crippen LogP contribution is -2.41. The summed E-state index contributed by atoms with van der Waals surface area (Å²) in [4.78, 5) is 22.9. The molecule has 25 heavy (non-hydrogen) atoms. The first-order valence-corrected chi connectivity index (χ1v) is 8.17. The molecule has 1 amide bonds. The topological polar surface area (TPSA) is 81.5 Å². The number of carbonyl (C=O) groups is 1. The van der Waals surface area contributed by atoms with Gasteiger partial charge < -0.3 is 10.1 Å². The second kappa shape index (κ2) is 6.37. The average Bonchev–Trinajstić information content (AvgIpc) is 2.53. The number of nitro benzene ring substituents is 1. The number of hydrogen-bond donors (Lipinski definition) is 1. The number of para-hydroxylation sites is 1. The predicted molar refractivity (Wildman–Crippen MR) is 94.1 cm³/mol. The third kappa shape index (κ3) is 3.58. The Balaban J connectivity index is 1.87. The summed E-state index contributed by atoms with van der Waals surface area (Å²) in [6, 6.07) is 11.1. The number of carbonyl (C=O) groups excluding carboxylic acids is 1. The van der Waals surface area contributed by atoms with E-state index >= 15 is 0 Å². The molecular weight excluding hydrogens is 344 g/mol. The monoisotopic (exact) mass is 360 g/mol. The van der Waals surface area contributed by atoms with Crippen molar-refractivity contribution >= 4 is 23.2 Å². The van der Waals surface area contributed by atoms with Gasteiger partial charge in [-0.3, -0.25) is 14.9 Å². The van der Waals surface area contributed by atoms with Gasteiger partial charge in [0.2, 0.25) is 0 Å². The molecule has 1 atom stereocenters. The summed E-state index contributed by atoms with van der Waals surface area (Å²) >= 11 is 6.05. The highest BCUT2D eigenvalue weighted by molar-refractivity contribution is 6.34. The zero-order valence-corrected chi connectivity index (χ0v) is 14.5. The molecule has 0 spiro atoms. The van der Waals surface area contributed by atoms with Crippen molar-refractivity contribution in [3.05, 3.63) is 68.7 Å². The number of halogens is 1. The fourth-order valence-corrected chi connectivity index (χ4v) is 3.23. The zero-order chi connectivity index (χ0) is 18.2. The summed E-state index contributed by atoms with van der Waals surface area (Å²) in [5.74, 6) is 0.358. The van der Waals surface area contributed by atoms with Crippen molar-refractivity contribution in [3.8, 4) is 5.75 Å². The van der Waals surface area contributed by atoms with Gasteiger partial charge in [-0.2, -0.15) is 0 Å². The van der Waals surface area contributed by atoms with E-state index in [-0.39, 0.29) is 28.2 Å². The van der Waals surface area contributed by atoms with Crippen LogP contribution in [0.1, 0.15) is 42.2 Å². The van der Waals surface area contributed by atoms with Gasteiger partial charge in [-0.1, -0.05) is 29.8 Å². The number of ether oxygens (including phenoxy) is 1. The first-order chi connectivity index (χ1) is 11.8. The smallest absolute Gasteiger partial charge is 0.270 e. The number of nitro groups is 1. The van der Waals surface area contributed by atoms with Crippen LogP contribution in [0, 0.1) is 10.1 Å². The molecule has 6 nitrogen and oxygen atoms in total. The maximum absolute atomic E-state index is 12.6. The molecule has 0 radical (unpaired) electrons. The maximum atomic E-state index is 12.6. The summed E-state index contributed by atoms with van der Waals surface area (Å²) in [7, 11) is 0. The van der Waals surface area contributed by atoms with E-state index in [2.05, 4.69) is 5.32 Å². The van der Waals surface area contributed by atoms with Crippen molar-refractivity contribution in [1.29, 1.82) is 0 Å². The first kappa shape index (κ1) is 17.2. The van der Waals surface area contributed by atoms with Crippen LogP contribution in [-0.2, 0) is 0 Å². The lowest BCUT2D eigenvalue weighted by molar-refractivity contribution is -0.384. The highest BCUT2D eigenvalue weighted by Gasteiger charge is 2.34. The molecule has 0 saturated heterocycles. The van der Waals surface area contributed by atoms with E-state index < -0.39 is 10.5 Å². The predicted octanol–water partition coefficient (Wildman–Crippen LogP) is 4.28. The lowest BCUT2D eigenvalue weighted by Gasteiger charge is -2.37.